The summed E-state index contributed by atoms with van der Waals surface area (Å²) in [7, 11) is 0. The number of carbonyl (C=O) groups excluding carboxylic acids is 2. The molecule has 16 heavy (non-hydrogen) atoms. The molecule has 1 fully saturated rings. The molecule has 1 saturated heterocycles. The molecule has 1 atom stereocenters. The maximum absolute atomic E-state index is 12.1. The van der Waals surface area contributed by atoms with Gasteiger partial charge in [0, 0.05) is 17.7 Å². The highest BCUT2D eigenvalue weighted by Gasteiger charge is 2.43. The van der Waals surface area contributed by atoms with E-state index in [0.717, 1.165) is 5.75 Å². The second-order valence-corrected chi connectivity index (χ2v) is 7.13. The van der Waals surface area contributed by atoms with Crippen molar-refractivity contribution in [1.29, 1.82) is 0 Å². The molecule has 3 nitrogen and oxygen atoms in total. The minimum absolute atomic E-state index is 0.00523. The average molecular weight is 243 g/mol. The zero-order valence-electron chi connectivity index (χ0n) is 10.7. The Morgan fingerprint density at radius 1 is 1.38 bits per heavy atom. The SMILES string of the molecule is CC(C)SCC1CC(=O)N(C(C)(C)C)C1=O. The van der Waals surface area contributed by atoms with Crippen molar-refractivity contribution in [2.45, 2.75) is 51.8 Å². The average Bonchev–Trinajstić information content (AvgIpc) is 2.36. The molecule has 1 aliphatic rings. The third-order valence-corrected chi connectivity index (χ3v) is 3.80. The molecule has 0 aromatic heterocycles. The van der Waals surface area contributed by atoms with Crippen molar-refractivity contribution in [3.05, 3.63) is 0 Å². The smallest absolute Gasteiger partial charge is 0.234 e. The molecule has 0 radical (unpaired) electrons. The number of amides is 2. The molecule has 1 unspecified atom stereocenters. The van der Waals surface area contributed by atoms with Gasteiger partial charge in [-0.05, 0) is 26.0 Å². The molecular formula is C12H21NO2S. The molecule has 1 heterocycles. The van der Waals surface area contributed by atoms with E-state index in [1.165, 1.54) is 4.90 Å². The zero-order valence-corrected chi connectivity index (χ0v) is 11.6. The highest BCUT2D eigenvalue weighted by atomic mass is 32.2. The molecule has 2 amide bonds. The van der Waals surface area contributed by atoms with Crippen molar-refractivity contribution < 1.29 is 9.59 Å². The van der Waals surface area contributed by atoms with E-state index in [-0.39, 0.29) is 23.3 Å². The molecule has 0 aliphatic carbocycles. The summed E-state index contributed by atoms with van der Waals surface area (Å²) in [4.78, 5) is 25.3. The molecule has 0 aromatic carbocycles. The molecule has 0 bridgehead atoms. The van der Waals surface area contributed by atoms with Gasteiger partial charge in [-0.25, -0.2) is 0 Å². The summed E-state index contributed by atoms with van der Waals surface area (Å²) in [6, 6.07) is 0. The van der Waals surface area contributed by atoms with E-state index in [0.29, 0.717) is 11.7 Å². The van der Waals surface area contributed by atoms with Gasteiger partial charge in [0.1, 0.15) is 0 Å². The Hall–Kier alpha value is -0.510. The van der Waals surface area contributed by atoms with Gasteiger partial charge in [0.2, 0.25) is 11.8 Å². The van der Waals surface area contributed by atoms with Crippen LogP contribution in [0.5, 0.6) is 0 Å². The Kier molecular flexibility index (Phi) is 4.05. The summed E-state index contributed by atoms with van der Waals surface area (Å²) < 4.78 is 0. The number of nitrogens with zero attached hydrogens (tertiary/aromatic N) is 1. The summed E-state index contributed by atoms with van der Waals surface area (Å²) in [5.74, 6) is 0.631. The summed E-state index contributed by atoms with van der Waals surface area (Å²) in [5.41, 5.74) is -0.384. The van der Waals surface area contributed by atoms with E-state index in [1.807, 2.05) is 20.8 Å². The van der Waals surface area contributed by atoms with Crippen LogP contribution in [0, 0.1) is 5.92 Å². The van der Waals surface area contributed by atoms with Crippen LogP contribution in [0.1, 0.15) is 41.0 Å². The normalized spacial score (nSPS) is 22.4. The van der Waals surface area contributed by atoms with Crippen LogP contribution >= 0.6 is 11.8 Å². The van der Waals surface area contributed by atoms with Crippen molar-refractivity contribution in [3.63, 3.8) is 0 Å². The number of rotatable bonds is 3. The number of hydrogen-bond acceptors (Lipinski definition) is 3. The molecule has 0 N–H and O–H groups in total. The van der Waals surface area contributed by atoms with Gasteiger partial charge in [-0.15, -0.1) is 0 Å². The predicted molar refractivity (Wildman–Crippen MR) is 67.3 cm³/mol. The van der Waals surface area contributed by atoms with Crippen LogP contribution in [0.2, 0.25) is 0 Å². The van der Waals surface area contributed by atoms with Crippen molar-refractivity contribution in [2.75, 3.05) is 5.75 Å². The molecule has 92 valence electrons. The van der Waals surface area contributed by atoms with Crippen molar-refractivity contribution >= 4 is 23.6 Å². The lowest BCUT2D eigenvalue weighted by molar-refractivity contribution is -0.144. The fourth-order valence-electron chi connectivity index (χ4n) is 1.84. The van der Waals surface area contributed by atoms with E-state index in [9.17, 15) is 9.59 Å². The maximum atomic E-state index is 12.1. The summed E-state index contributed by atoms with van der Waals surface area (Å²) in [6.07, 6.45) is 0.385. The van der Waals surface area contributed by atoms with Crippen LogP contribution in [0.25, 0.3) is 0 Å². The summed E-state index contributed by atoms with van der Waals surface area (Å²) in [6.45, 7) is 9.92. The zero-order chi connectivity index (χ0) is 12.5. The Bertz CT molecular complexity index is 294. The van der Waals surface area contributed by atoms with E-state index >= 15 is 0 Å². The van der Waals surface area contributed by atoms with Gasteiger partial charge in [-0.3, -0.25) is 14.5 Å². The Labute approximate surface area is 102 Å². The number of imide groups is 1. The van der Waals surface area contributed by atoms with Crippen LogP contribution in [0.3, 0.4) is 0 Å². The molecule has 0 spiro atoms. The number of likely N-dealkylation sites (tertiary alicyclic amines) is 1. The van der Waals surface area contributed by atoms with Crippen molar-refractivity contribution in [3.8, 4) is 0 Å². The maximum Gasteiger partial charge on any atom is 0.234 e. The lowest BCUT2D eigenvalue weighted by atomic mass is 10.1. The van der Waals surface area contributed by atoms with Gasteiger partial charge >= 0.3 is 0 Å². The Morgan fingerprint density at radius 2 is 1.94 bits per heavy atom. The first-order valence-corrected chi connectivity index (χ1v) is 6.77. The third-order valence-electron chi connectivity index (χ3n) is 2.54. The van der Waals surface area contributed by atoms with Gasteiger partial charge < -0.3 is 0 Å². The van der Waals surface area contributed by atoms with Gasteiger partial charge in [0.25, 0.3) is 0 Å². The van der Waals surface area contributed by atoms with Crippen molar-refractivity contribution in [1.82, 2.24) is 4.90 Å². The molecule has 1 aliphatic heterocycles. The van der Waals surface area contributed by atoms with E-state index in [4.69, 9.17) is 0 Å². The monoisotopic (exact) mass is 243 g/mol. The summed E-state index contributed by atoms with van der Waals surface area (Å²) in [5, 5.41) is 0.506. The van der Waals surface area contributed by atoms with Gasteiger partial charge in [-0.2, -0.15) is 11.8 Å². The fourth-order valence-corrected chi connectivity index (χ4v) is 2.72. The van der Waals surface area contributed by atoms with Crippen LogP contribution in [-0.4, -0.2) is 33.3 Å². The second-order valence-electron chi connectivity index (χ2n) is 5.52. The topological polar surface area (TPSA) is 37.4 Å². The lowest BCUT2D eigenvalue weighted by Crippen LogP contribution is -2.45. The third kappa shape index (κ3) is 3.00. The number of hydrogen-bond donors (Lipinski definition) is 0. The Balaban J connectivity index is 2.68. The molecular weight excluding hydrogens is 222 g/mol. The predicted octanol–water partition coefficient (Wildman–Crippen LogP) is 2.30. The number of thioether (sulfide) groups is 1. The van der Waals surface area contributed by atoms with Gasteiger partial charge in [0.15, 0.2) is 0 Å². The Morgan fingerprint density at radius 3 is 2.31 bits per heavy atom. The van der Waals surface area contributed by atoms with Crippen LogP contribution in [0.4, 0.5) is 0 Å². The standard InChI is InChI=1S/C12H21NO2S/c1-8(2)16-7-9-6-10(14)13(11(9)15)12(3,4)5/h8-9H,6-7H2,1-5H3. The quantitative estimate of drug-likeness (QED) is 0.714. The largest absolute Gasteiger partial charge is 0.277 e. The van der Waals surface area contributed by atoms with E-state index in [1.54, 1.807) is 11.8 Å². The summed E-state index contributed by atoms with van der Waals surface area (Å²) >= 11 is 1.75. The molecule has 0 saturated carbocycles. The first kappa shape index (κ1) is 13.6. The van der Waals surface area contributed by atoms with E-state index < -0.39 is 0 Å². The minimum Gasteiger partial charge on any atom is -0.277 e. The molecule has 0 aromatic rings. The van der Waals surface area contributed by atoms with Crippen LogP contribution < -0.4 is 0 Å². The van der Waals surface area contributed by atoms with Crippen molar-refractivity contribution in [2.24, 2.45) is 5.92 Å². The van der Waals surface area contributed by atoms with Gasteiger partial charge in [0.05, 0.1) is 5.92 Å². The fraction of sp³-hybridized carbons (Fsp3) is 0.833. The van der Waals surface area contributed by atoms with Crippen LogP contribution in [0.15, 0.2) is 0 Å². The molecule has 1 rings (SSSR count). The van der Waals surface area contributed by atoms with E-state index in [2.05, 4.69) is 13.8 Å². The highest BCUT2D eigenvalue weighted by molar-refractivity contribution is 7.99. The lowest BCUT2D eigenvalue weighted by Gasteiger charge is -2.30. The highest BCUT2D eigenvalue weighted by Crippen LogP contribution is 2.30. The number of carbonyl (C=O) groups is 2. The minimum atomic E-state index is -0.384. The first-order valence-electron chi connectivity index (χ1n) is 5.72. The van der Waals surface area contributed by atoms with Gasteiger partial charge in [-0.1, -0.05) is 13.8 Å². The second kappa shape index (κ2) is 4.78. The first-order chi connectivity index (χ1) is 7.23. The van der Waals surface area contributed by atoms with Crippen LogP contribution in [-0.2, 0) is 9.59 Å². The molecule has 4 heteroatoms.